The highest BCUT2D eigenvalue weighted by Crippen LogP contribution is 2.22. The molecule has 19 heavy (non-hydrogen) atoms. The maximum absolute atomic E-state index is 13.6. The summed E-state index contributed by atoms with van der Waals surface area (Å²) < 4.78 is 39.6. The summed E-state index contributed by atoms with van der Waals surface area (Å²) in [5, 5.41) is 0. The first kappa shape index (κ1) is 14.1. The van der Waals surface area contributed by atoms with Crippen molar-refractivity contribution in [1.82, 2.24) is 9.88 Å². The van der Waals surface area contributed by atoms with E-state index in [-0.39, 0.29) is 11.4 Å². The van der Waals surface area contributed by atoms with Gasteiger partial charge in [0.1, 0.15) is 0 Å². The van der Waals surface area contributed by atoms with Gasteiger partial charge in [-0.1, -0.05) is 0 Å². The Morgan fingerprint density at radius 1 is 1.00 bits per heavy atom. The number of halogens is 3. The van der Waals surface area contributed by atoms with E-state index in [0.29, 0.717) is 19.2 Å². The molecule has 1 aromatic rings. The SMILES string of the molecule is CC(C)(C)N1CCN(c2nc(F)c(F)cc2F)CC1. The molecule has 0 atom stereocenters. The van der Waals surface area contributed by atoms with Crippen molar-refractivity contribution in [3.8, 4) is 0 Å². The van der Waals surface area contributed by atoms with Crippen molar-refractivity contribution >= 4 is 5.82 Å². The van der Waals surface area contributed by atoms with Crippen LogP contribution in [0.25, 0.3) is 0 Å². The van der Waals surface area contributed by atoms with Crippen LogP contribution in [0.5, 0.6) is 0 Å². The molecular formula is C13H18F3N3. The minimum absolute atomic E-state index is 0.0477. The van der Waals surface area contributed by atoms with E-state index in [0.717, 1.165) is 13.1 Å². The van der Waals surface area contributed by atoms with E-state index in [9.17, 15) is 13.2 Å². The van der Waals surface area contributed by atoms with Gasteiger partial charge in [-0.15, -0.1) is 0 Å². The van der Waals surface area contributed by atoms with Gasteiger partial charge in [0, 0.05) is 37.8 Å². The molecular weight excluding hydrogens is 255 g/mol. The lowest BCUT2D eigenvalue weighted by Crippen LogP contribution is -2.53. The zero-order valence-electron chi connectivity index (χ0n) is 11.4. The number of pyridine rings is 1. The Morgan fingerprint density at radius 2 is 1.58 bits per heavy atom. The van der Waals surface area contributed by atoms with Crippen LogP contribution in [0, 0.1) is 17.6 Å². The summed E-state index contributed by atoms with van der Waals surface area (Å²) in [6.45, 7) is 8.91. The molecule has 106 valence electrons. The monoisotopic (exact) mass is 273 g/mol. The fourth-order valence-electron chi connectivity index (χ4n) is 2.25. The van der Waals surface area contributed by atoms with Crippen LogP contribution in [0.4, 0.5) is 19.0 Å². The lowest BCUT2D eigenvalue weighted by molar-refractivity contribution is 0.128. The second-order valence-electron chi connectivity index (χ2n) is 5.71. The minimum Gasteiger partial charge on any atom is -0.352 e. The second kappa shape index (κ2) is 5.00. The third-order valence-corrected chi connectivity index (χ3v) is 3.40. The lowest BCUT2D eigenvalue weighted by atomic mass is 10.1. The lowest BCUT2D eigenvalue weighted by Gasteiger charge is -2.42. The van der Waals surface area contributed by atoms with Gasteiger partial charge in [-0.05, 0) is 20.8 Å². The van der Waals surface area contributed by atoms with Gasteiger partial charge in [-0.2, -0.15) is 9.37 Å². The molecule has 0 aromatic carbocycles. The molecule has 1 aliphatic rings. The number of aromatic nitrogens is 1. The van der Waals surface area contributed by atoms with Crippen LogP contribution < -0.4 is 4.90 Å². The van der Waals surface area contributed by atoms with Gasteiger partial charge in [-0.25, -0.2) is 8.78 Å². The fourth-order valence-corrected chi connectivity index (χ4v) is 2.25. The molecule has 0 aliphatic carbocycles. The normalized spacial score (nSPS) is 17.9. The number of rotatable bonds is 1. The number of hydrogen-bond donors (Lipinski definition) is 0. The number of piperazine rings is 1. The van der Waals surface area contributed by atoms with E-state index < -0.39 is 17.6 Å². The standard InChI is InChI=1S/C13H18F3N3/c1-13(2,3)19-6-4-18(5-7-19)12-10(15)8-9(14)11(16)17-12/h8H,4-7H2,1-3H3. The first-order valence-corrected chi connectivity index (χ1v) is 6.30. The summed E-state index contributed by atoms with van der Waals surface area (Å²) in [7, 11) is 0. The molecule has 0 spiro atoms. The Balaban J connectivity index is 2.12. The first-order valence-electron chi connectivity index (χ1n) is 6.30. The van der Waals surface area contributed by atoms with Crippen molar-refractivity contribution in [3.05, 3.63) is 23.6 Å². The largest absolute Gasteiger partial charge is 0.352 e. The van der Waals surface area contributed by atoms with Crippen molar-refractivity contribution < 1.29 is 13.2 Å². The Hall–Kier alpha value is -1.30. The molecule has 0 amide bonds. The summed E-state index contributed by atoms with van der Waals surface area (Å²) in [4.78, 5) is 7.29. The Bertz CT molecular complexity index is 463. The zero-order chi connectivity index (χ0) is 14.2. The average molecular weight is 273 g/mol. The van der Waals surface area contributed by atoms with Crippen molar-refractivity contribution in [2.45, 2.75) is 26.3 Å². The van der Waals surface area contributed by atoms with Crippen LogP contribution >= 0.6 is 0 Å². The van der Waals surface area contributed by atoms with Gasteiger partial charge < -0.3 is 4.90 Å². The zero-order valence-corrected chi connectivity index (χ0v) is 11.4. The van der Waals surface area contributed by atoms with E-state index in [1.807, 2.05) is 0 Å². The molecule has 0 N–H and O–H groups in total. The molecule has 0 radical (unpaired) electrons. The van der Waals surface area contributed by atoms with Crippen molar-refractivity contribution in [1.29, 1.82) is 0 Å². The molecule has 1 fully saturated rings. The van der Waals surface area contributed by atoms with E-state index in [4.69, 9.17) is 0 Å². The van der Waals surface area contributed by atoms with Crippen LogP contribution in [0.1, 0.15) is 20.8 Å². The predicted octanol–water partition coefficient (Wildman–Crippen LogP) is 2.42. The van der Waals surface area contributed by atoms with Crippen molar-refractivity contribution in [3.63, 3.8) is 0 Å². The molecule has 1 aromatic heterocycles. The fraction of sp³-hybridized carbons (Fsp3) is 0.615. The van der Waals surface area contributed by atoms with Gasteiger partial charge >= 0.3 is 0 Å². The van der Waals surface area contributed by atoms with Gasteiger partial charge in [0.25, 0.3) is 5.95 Å². The second-order valence-corrected chi connectivity index (χ2v) is 5.71. The third-order valence-electron chi connectivity index (χ3n) is 3.40. The summed E-state index contributed by atoms with van der Waals surface area (Å²) >= 11 is 0. The average Bonchev–Trinajstić information content (AvgIpc) is 2.33. The van der Waals surface area contributed by atoms with Crippen LogP contribution in [0.15, 0.2) is 6.07 Å². The van der Waals surface area contributed by atoms with Gasteiger partial charge in [0.2, 0.25) is 0 Å². The van der Waals surface area contributed by atoms with Crippen LogP contribution in [-0.2, 0) is 0 Å². The maximum Gasteiger partial charge on any atom is 0.251 e. The van der Waals surface area contributed by atoms with E-state index in [1.54, 1.807) is 4.90 Å². The molecule has 1 aliphatic heterocycles. The van der Waals surface area contributed by atoms with E-state index in [2.05, 4.69) is 30.7 Å². The minimum atomic E-state index is -1.26. The first-order chi connectivity index (χ1) is 8.79. The number of anilines is 1. The summed E-state index contributed by atoms with van der Waals surface area (Å²) in [6.07, 6.45) is 0. The topological polar surface area (TPSA) is 19.4 Å². The Labute approximate surface area is 111 Å². The van der Waals surface area contributed by atoms with Crippen molar-refractivity contribution in [2.75, 3.05) is 31.1 Å². The molecule has 3 nitrogen and oxygen atoms in total. The molecule has 2 rings (SSSR count). The van der Waals surface area contributed by atoms with Crippen LogP contribution in [0.2, 0.25) is 0 Å². The number of nitrogens with zero attached hydrogens (tertiary/aromatic N) is 3. The summed E-state index contributed by atoms with van der Waals surface area (Å²) in [5.74, 6) is -3.43. The molecule has 0 saturated carbocycles. The molecule has 1 saturated heterocycles. The summed E-state index contributed by atoms with van der Waals surface area (Å²) in [5.41, 5.74) is 0.0477. The van der Waals surface area contributed by atoms with Crippen LogP contribution in [-0.4, -0.2) is 41.6 Å². The molecule has 0 bridgehead atoms. The number of hydrogen-bond acceptors (Lipinski definition) is 3. The highest BCUT2D eigenvalue weighted by Gasteiger charge is 2.28. The van der Waals surface area contributed by atoms with Gasteiger partial charge in [-0.3, -0.25) is 4.90 Å². The van der Waals surface area contributed by atoms with Crippen molar-refractivity contribution in [2.24, 2.45) is 0 Å². The van der Waals surface area contributed by atoms with E-state index in [1.165, 1.54) is 0 Å². The Morgan fingerprint density at radius 3 is 2.11 bits per heavy atom. The third kappa shape index (κ3) is 3.00. The maximum atomic E-state index is 13.6. The van der Waals surface area contributed by atoms with E-state index >= 15 is 0 Å². The molecule has 0 unspecified atom stereocenters. The Kier molecular flexibility index (Phi) is 3.71. The predicted molar refractivity (Wildman–Crippen MR) is 67.7 cm³/mol. The smallest absolute Gasteiger partial charge is 0.251 e. The highest BCUT2D eigenvalue weighted by molar-refractivity contribution is 5.40. The molecule has 2 heterocycles. The van der Waals surface area contributed by atoms with Crippen LogP contribution in [0.3, 0.4) is 0 Å². The quantitative estimate of drug-likeness (QED) is 0.733. The van der Waals surface area contributed by atoms with Gasteiger partial charge in [0.15, 0.2) is 17.5 Å². The highest BCUT2D eigenvalue weighted by atomic mass is 19.2. The molecule has 6 heteroatoms. The summed E-state index contributed by atoms with van der Waals surface area (Å²) in [6, 6.07) is 0.549. The van der Waals surface area contributed by atoms with Gasteiger partial charge in [0.05, 0.1) is 0 Å².